The summed E-state index contributed by atoms with van der Waals surface area (Å²) in [7, 11) is -1.30. The number of amides is 2. The van der Waals surface area contributed by atoms with Crippen LogP contribution in [0.15, 0.2) is 17.5 Å². The summed E-state index contributed by atoms with van der Waals surface area (Å²) in [5.74, 6) is 0.260. The second-order valence-electron chi connectivity index (χ2n) is 4.41. The van der Waals surface area contributed by atoms with Crippen molar-refractivity contribution in [3.63, 3.8) is 0 Å². The van der Waals surface area contributed by atoms with Crippen LogP contribution in [0, 0.1) is 0 Å². The summed E-state index contributed by atoms with van der Waals surface area (Å²) >= 11 is 1.58. The van der Waals surface area contributed by atoms with Gasteiger partial charge in [0.2, 0.25) is 0 Å². The number of carbonyl (C=O) groups is 1. The fourth-order valence-electron chi connectivity index (χ4n) is 1.95. The number of thiophene rings is 1. The maximum atomic E-state index is 11.9. The fraction of sp³-hybridized carbons (Fsp3) is 0.545. The normalized spacial score (nSPS) is 21.7. The molecule has 2 amide bonds. The lowest BCUT2D eigenvalue weighted by atomic mass is 10.2. The van der Waals surface area contributed by atoms with E-state index in [1.54, 1.807) is 18.4 Å². The van der Waals surface area contributed by atoms with Crippen LogP contribution in [0.5, 0.6) is 0 Å². The molecule has 0 bridgehead atoms. The van der Waals surface area contributed by atoms with Gasteiger partial charge in [-0.2, -0.15) is 0 Å². The number of hydrogen-bond donors (Lipinski definition) is 1. The van der Waals surface area contributed by atoms with Crippen molar-refractivity contribution in [1.82, 2.24) is 10.2 Å². The Kier molecular flexibility index (Phi) is 3.91. The first kappa shape index (κ1) is 13.4. The van der Waals surface area contributed by atoms with Crippen LogP contribution in [0.3, 0.4) is 0 Å². The van der Waals surface area contributed by atoms with Crippen molar-refractivity contribution in [3.05, 3.63) is 22.4 Å². The van der Waals surface area contributed by atoms with E-state index in [4.69, 9.17) is 0 Å². The first-order chi connectivity index (χ1) is 8.48. The van der Waals surface area contributed by atoms with Gasteiger partial charge in [-0.05, 0) is 17.9 Å². The topological polar surface area (TPSA) is 66.5 Å². The van der Waals surface area contributed by atoms with Crippen molar-refractivity contribution >= 4 is 27.2 Å². The molecule has 1 atom stereocenters. The molecule has 1 N–H and O–H groups in total. The van der Waals surface area contributed by atoms with Gasteiger partial charge in [-0.25, -0.2) is 13.2 Å². The Balaban J connectivity index is 1.85. The molecule has 1 unspecified atom stereocenters. The van der Waals surface area contributed by atoms with E-state index in [0.29, 0.717) is 13.0 Å². The van der Waals surface area contributed by atoms with Crippen molar-refractivity contribution in [2.24, 2.45) is 0 Å². The van der Waals surface area contributed by atoms with Crippen LogP contribution in [0.1, 0.15) is 11.3 Å². The van der Waals surface area contributed by atoms with E-state index in [-0.39, 0.29) is 23.6 Å². The molecule has 0 aliphatic carbocycles. The third-order valence-electron chi connectivity index (χ3n) is 3.07. The Morgan fingerprint density at radius 3 is 2.94 bits per heavy atom. The lowest BCUT2D eigenvalue weighted by Crippen LogP contribution is -2.43. The summed E-state index contributed by atoms with van der Waals surface area (Å²) < 4.78 is 22.7. The number of nitrogens with zero attached hydrogens (tertiary/aromatic N) is 1. The Bertz CT molecular complexity index is 510. The van der Waals surface area contributed by atoms with Crippen molar-refractivity contribution < 1.29 is 13.2 Å². The molecule has 0 saturated carbocycles. The number of rotatable bonds is 3. The Morgan fingerprint density at radius 2 is 2.39 bits per heavy atom. The van der Waals surface area contributed by atoms with Crippen LogP contribution in [0.4, 0.5) is 4.79 Å². The van der Waals surface area contributed by atoms with Gasteiger partial charge in [0.25, 0.3) is 0 Å². The molecule has 1 aliphatic rings. The highest BCUT2D eigenvalue weighted by Crippen LogP contribution is 2.16. The van der Waals surface area contributed by atoms with Gasteiger partial charge in [0.05, 0.1) is 18.1 Å². The first-order valence-electron chi connectivity index (χ1n) is 5.71. The highest BCUT2D eigenvalue weighted by Gasteiger charge is 2.32. The minimum absolute atomic E-state index is 0.0793. The SMILES string of the molecule is CN(C(=O)NCc1cccs1)C1CCS(=O)(=O)C1. The second-order valence-corrected chi connectivity index (χ2v) is 7.67. The third kappa shape index (κ3) is 3.23. The summed E-state index contributed by atoms with van der Waals surface area (Å²) in [6, 6.07) is 3.47. The van der Waals surface area contributed by atoms with E-state index >= 15 is 0 Å². The van der Waals surface area contributed by atoms with Crippen molar-refractivity contribution in [3.8, 4) is 0 Å². The predicted molar refractivity (Wildman–Crippen MR) is 71.4 cm³/mol. The molecule has 0 radical (unpaired) electrons. The van der Waals surface area contributed by atoms with Gasteiger partial charge in [0.15, 0.2) is 9.84 Å². The molecule has 7 heteroatoms. The molecule has 1 aromatic rings. The molecular formula is C11H16N2O3S2. The molecule has 2 rings (SSSR count). The lowest BCUT2D eigenvalue weighted by molar-refractivity contribution is 0.195. The summed E-state index contributed by atoms with van der Waals surface area (Å²) in [5.41, 5.74) is 0. The van der Waals surface area contributed by atoms with Crippen molar-refractivity contribution in [2.45, 2.75) is 19.0 Å². The van der Waals surface area contributed by atoms with Crippen LogP contribution >= 0.6 is 11.3 Å². The van der Waals surface area contributed by atoms with Gasteiger partial charge in [0, 0.05) is 18.0 Å². The quantitative estimate of drug-likeness (QED) is 0.905. The van der Waals surface area contributed by atoms with Gasteiger partial charge in [0.1, 0.15) is 0 Å². The van der Waals surface area contributed by atoms with E-state index < -0.39 is 9.84 Å². The lowest BCUT2D eigenvalue weighted by Gasteiger charge is -2.23. The highest BCUT2D eigenvalue weighted by molar-refractivity contribution is 7.91. The monoisotopic (exact) mass is 288 g/mol. The van der Waals surface area contributed by atoms with Gasteiger partial charge in [-0.3, -0.25) is 0 Å². The van der Waals surface area contributed by atoms with Crippen LogP contribution in [-0.2, 0) is 16.4 Å². The standard InChI is InChI=1S/C11H16N2O3S2/c1-13(9-4-6-18(15,16)8-9)11(14)12-7-10-3-2-5-17-10/h2-3,5,9H,4,6-8H2,1H3,(H,12,14). The molecular weight excluding hydrogens is 272 g/mol. The van der Waals surface area contributed by atoms with Crippen LogP contribution in [0.2, 0.25) is 0 Å². The zero-order valence-corrected chi connectivity index (χ0v) is 11.8. The maximum absolute atomic E-state index is 11.9. The Hall–Kier alpha value is -1.08. The van der Waals surface area contributed by atoms with Crippen LogP contribution < -0.4 is 5.32 Å². The minimum atomic E-state index is -2.95. The summed E-state index contributed by atoms with van der Waals surface area (Å²) in [4.78, 5) is 14.4. The Labute approximate surface area is 111 Å². The van der Waals surface area contributed by atoms with Gasteiger partial charge < -0.3 is 10.2 Å². The number of carbonyl (C=O) groups excluding carboxylic acids is 1. The summed E-state index contributed by atoms with van der Waals surface area (Å²) in [5, 5.41) is 4.74. The molecule has 18 heavy (non-hydrogen) atoms. The molecule has 100 valence electrons. The molecule has 0 aromatic carbocycles. The highest BCUT2D eigenvalue weighted by atomic mass is 32.2. The number of urea groups is 1. The predicted octanol–water partition coefficient (Wildman–Crippen LogP) is 1.08. The first-order valence-corrected chi connectivity index (χ1v) is 8.41. The van der Waals surface area contributed by atoms with Crippen molar-refractivity contribution in [2.75, 3.05) is 18.6 Å². The molecule has 1 aromatic heterocycles. The molecule has 1 saturated heterocycles. The Morgan fingerprint density at radius 1 is 1.61 bits per heavy atom. The third-order valence-corrected chi connectivity index (χ3v) is 5.70. The summed E-state index contributed by atoms with van der Waals surface area (Å²) in [6.45, 7) is 0.486. The van der Waals surface area contributed by atoms with E-state index in [1.165, 1.54) is 4.90 Å². The minimum Gasteiger partial charge on any atom is -0.333 e. The summed E-state index contributed by atoms with van der Waals surface area (Å²) in [6.07, 6.45) is 0.533. The van der Waals surface area contributed by atoms with Crippen LogP contribution in [-0.4, -0.2) is 43.9 Å². The zero-order valence-electron chi connectivity index (χ0n) is 10.1. The van der Waals surface area contributed by atoms with E-state index in [9.17, 15) is 13.2 Å². The maximum Gasteiger partial charge on any atom is 0.317 e. The van der Waals surface area contributed by atoms with Gasteiger partial charge >= 0.3 is 6.03 Å². The zero-order chi connectivity index (χ0) is 13.2. The van der Waals surface area contributed by atoms with E-state index in [0.717, 1.165) is 4.88 Å². The number of hydrogen-bond acceptors (Lipinski definition) is 4. The average molecular weight is 288 g/mol. The van der Waals surface area contributed by atoms with Crippen molar-refractivity contribution in [1.29, 1.82) is 0 Å². The molecule has 0 spiro atoms. The van der Waals surface area contributed by atoms with E-state index in [2.05, 4.69) is 5.32 Å². The largest absolute Gasteiger partial charge is 0.333 e. The number of nitrogens with one attached hydrogen (secondary N) is 1. The van der Waals surface area contributed by atoms with E-state index in [1.807, 2.05) is 17.5 Å². The van der Waals surface area contributed by atoms with Gasteiger partial charge in [-0.15, -0.1) is 11.3 Å². The number of sulfone groups is 1. The molecule has 1 aliphatic heterocycles. The molecule has 5 nitrogen and oxygen atoms in total. The van der Waals surface area contributed by atoms with Gasteiger partial charge in [-0.1, -0.05) is 6.07 Å². The smallest absolute Gasteiger partial charge is 0.317 e. The second kappa shape index (κ2) is 5.27. The fourth-order valence-corrected chi connectivity index (χ4v) is 4.37. The molecule has 1 fully saturated rings. The average Bonchev–Trinajstić information content (AvgIpc) is 2.94. The molecule has 2 heterocycles. The van der Waals surface area contributed by atoms with Crippen LogP contribution in [0.25, 0.3) is 0 Å².